The van der Waals surface area contributed by atoms with Crippen LogP contribution in [-0.2, 0) is 0 Å². The molecular weight excluding hydrogens is 196 g/mol. The lowest BCUT2D eigenvalue weighted by Gasteiger charge is -2.27. The zero-order chi connectivity index (χ0) is 10.1. The number of nitrogens with one attached hydrogen (secondary N) is 1. The number of anilines is 1. The second-order valence-corrected chi connectivity index (χ2v) is 4.56. The third-order valence-electron chi connectivity index (χ3n) is 3.08. The Morgan fingerprint density at radius 3 is 2.57 bits per heavy atom. The third-order valence-corrected chi connectivity index (χ3v) is 3.37. The molecule has 0 aliphatic heterocycles. The van der Waals surface area contributed by atoms with Crippen molar-refractivity contribution in [1.82, 2.24) is 14.8 Å². The van der Waals surface area contributed by atoms with E-state index < -0.39 is 0 Å². The summed E-state index contributed by atoms with van der Waals surface area (Å²) in [6.45, 7) is 2.30. The molecule has 0 amide bonds. The molecule has 1 saturated carbocycles. The number of aromatic nitrogens is 3. The highest BCUT2D eigenvalue weighted by atomic mass is 32.1. The highest BCUT2D eigenvalue weighted by molar-refractivity contribution is 7.71. The summed E-state index contributed by atoms with van der Waals surface area (Å²) in [5.74, 6) is 1.36. The fourth-order valence-electron chi connectivity index (χ4n) is 2.17. The van der Waals surface area contributed by atoms with Crippen molar-refractivity contribution < 1.29 is 0 Å². The van der Waals surface area contributed by atoms with Gasteiger partial charge in [-0.05, 0) is 43.8 Å². The van der Waals surface area contributed by atoms with Gasteiger partial charge in [0.25, 0.3) is 0 Å². The number of aromatic amines is 1. The Labute approximate surface area is 88.5 Å². The molecule has 1 fully saturated rings. The van der Waals surface area contributed by atoms with Gasteiger partial charge in [-0.3, -0.25) is 4.57 Å². The highest BCUT2D eigenvalue weighted by Crippen LogP contribution is 2.32. The third kappa shape index (κ3) is 1.68. The molecule has 0 spiro atoms. The van der Waals surface area contributed by atoms with Crippen molar-refractivity contribution in [2.45, 2.75) is 38.6 Å². The molecule has 0 saturated heterocycles. The Morgan fingerprint density at radius 2 is 2.07 bits per heavy atom. The summed E-state index contributed by atoms with van der Waals surface area (Å²) in [5.41, 5.74) is 5.76. The normalized spacial score (nSPS) is 27.8. The van der Waals surface area contributed by atoms with Crippen LogP contribution in [0.2, 0.25) is 0 Å². The maximum absolute atomic E-state index is 5.76. The van der Waals surface area contributed by atoms with Crippen molar-refractivity contribution in [2.75, 3.05) is 5.73 Å². The fourth-order valence-corrected chi connectivity index (χ4v) is 2.46. The number of hydrogen-bond donors (Lipinski definition) is 2. The van der Waals surface area contributed by atoms with E-state index in [9.17, 15) is 0 Å². The van der Waals surface area contributed by atoms with Crippen LogP contribution in [0.4, 0.5) is 5.95 Å². The van der Waals surface area contributed by atoms with E-state index in [1.165, 1.54) is 25.7 Å². The summed E-state index contributed by atoms with van der Waals surface area (Å²) in [7, 11) is 0. The summed E-state index contributed by atoms with van der Waals surface area (Å²) in [5, 5.41) is 6.67. The van der Waals surface area contributed by atoms with Crippen LogP contribution in [0.25, 0.3) is 0 Å². The summed E-state index contributed by atoms with van der Waals surface area (Å²) >= 11 is 5.15. The van der Waals surface area contributed by atoms with E-state index in [0.717, 1.165) is 5.92 Å². The van der Waals surface area contributed by atoms with Gasteiger partial charge < -0.3 is 5.73 Å². The second-order valence-electron chi connectivity index (χ2n) is 4.17. The monoisotopic (exact) mass is 212 g/mol. The average Bonchev–Trinajstić information content (AvgIpc) is 2.49. The molecular formula is C9H16N4S. The molecule has 1 aromatic rings. The fraction of sp³-hybridized carbons (Fsp3) is 0.778. The van der Waals surface area contributed by atoms with E-state index in [4.69, 9.17) is 18.0 Å². The van der Waals surface area contributed by atoms with Crippen LogP contribution >= 0.6 is 12.2 Å². The summed E-state index contributed by atoms with van der Waals surface area (Å²) in [4.78, 5) is 0. The quantitative estimate of drug-likeness (QED) is 0.702. The first kappa shape index (κ1) is 9.71. The van der Waals surface area contributed by atoms with Crippen molar-refractivity contribution in [2.24, 2.45) is 5.92 Å². The number of nitrogens with two attached hydrogens (primary N) is 1. The molecule has 1 aliphatic carbocycles. The molecule has 1 aromatic heterocycles. The van der Waals surface area contributed by atoms with Crippen molar-refractivity contribution in [3.8, 4) is 0 Å². The Hall–Kier alpha value is -0.840. The Bertz CT molecular complexity index is 359. The zero-order valence-electron chi connectivity index (χ0n) is 8.36. The standard InChI is InChI=1S/C9H16N4S/c1-6-2-4-7(5-3-6)13-8(10)11-12-9(13)14/h6-7H,2-5H2,1H3,(H2,10,11)(H,12,14). The molecule has 4 nitrogen and oxygen atoms in total. The van der Waals surface area contributed by atoms with Crippen molar-refractivity contribution in [3.63, 3.8) is 0 Å². The molecule has 78 valence electrons. The molecule has 2 rings (SSSR count). The van der Waals surface area contributed by atoms with Gasteiger partial charge in [0.1, 0.15) is 0 Å². The zero-order valence-corrected chi connectivity index (χ0v) is 9.18. The van der Waals surface area contributed by atoms with Crippen molar-refractivity contribution in [3.05, 3.63) is 4.77 Å². The predicted octanol–water partition coefficient (Wildman–Crippen LogP) is 2.27. The first-order chi connectivity index (χ1) is 6.68. The van der Waals surface area contributed by atoms with E-state index in [1.54, 1.807) is 0 Å². The summed E-state index contributed by atoms with van der Waals surface area (Å²) in [6.07, 6.45) is 4.85. The minimum Gasteiger partial charge on any atom is -0.368 e. The largest absolute Gasteiger partial charge is 0.368 e. The summed E-state index contributed by atoms with van der Waals surface area (Å²) < 4.78 is 2.61. The van der Waals surface area contributed by atoms with Gasteiger partial charge in [-0.25, -0.2) is 5.10 Å². The van der Waals surface area contributed by atoms with Gasteiger partial charge in [-0.1, -0.05) is 6.92 Å². The van der Waals surface area contributed by atoms with Crippen LogP contribution in [0.15, 0.2) is 0 Å². The first-order valence-electron chi connectivity index (χ1n) is 5.11. The lowest BCUT2D eigenvalue weighted by Crippen LogP contribution is -2.18. The van der Waals surface area contributed by atoms with Gasteiger partial charge >= 0.3 is 0 Å². The lowest BCUT2D eigenvalue weighted by molar-refractivity contribution is 0.289. The minimum atomic E-state index is 0.456. The van der Waals surface area contributed by atoms with Gasteiger partial charge in [0.05, 0.1) is 0 Å². The van der Waals surface area contributed by atoms with Gasteiger partial charge in [0.2, 0.25) is 5.95 Å². The molecule has 1 aliphatic rings. The van der Waals surface area contributed by atoms with E-state index in [-0.39, 0.29) is 0 Å². The molecule has 0 bridgehead atoms. The molecule has 0 atom stereocenters. The van der Waals surface area contributed by atoms with Crippen LogP contribution < -0.4 is 5.73 Å². The van der Waals surface area contributed by atoms with E-state index >= 15 is 0 Å². The number of rotatable bonds is 1. The van der Waals surface area contributed by atoms with Crippen LogP contribution in [0.3, 0.4) is 0 Å². The maximum Gasteiger partial charge on any atom is 0.220 e. The first-order valence-corrected chi connectivity index (χ1v) is 5.51. The topological polar surface area (TPSA) is 59.6 Å². The van der Waals surface area contributed by atoms with Gasteiger partial charge in [-0.2, -0.15) is 0 Å². The van der Waals surface area contributed by atoms with Gasteiger partial charge in [-0.15, -0.1) is 5.10 Å². The van der Waals surface area contributed by atoms with Crippen molar-refractivity contribution >= 4 is 18.2 Å². The number of nitrogens with zero attached hydrogens (tertiary/aromatic N) is 2. The van der Waals surface area contributed by atoms with E-state index in [2.05, 4.69) is 17.1 Å². The predicted molar refractivity (Wildman–Crippen MR) is 58.5 cm³/mol. The Kier molecular flexibility index (Phi) is 2.58. The van der Waals surface area contributed by atoms with E-state index in [1.807, 2.05) is 4.57 Å². The molecule has 5 heteroatoms. The number of hydrogen-bond acceptors (Lipinski definition) is 3. The van der Waals surface area contributed by atoms with E-state index in [0.29, 0.717) is 16.8 Å². The molecule has 3 N–H and O–H groups in total. The van der Waals surface area contributed by atoms with Crippen LogP contribution in [0.1, 0.15) is 38.6 Å². The molecule has 0 radical (unpaired) electrons. The van der Waals surface area contributed by atoms with Gasteiger partial charge in [0, 0.05) is 6.04 Å². The average molecular weight is 212 g/mol. The molecule has 0 unspecified atom stereocenters. The Morgan fingerprint density at radius 1 is 1.43 bits per heavy atom. The smallest absolute Gasteiger partial charge is 0.220 e. The van der Waals surface area contributed by atoms with Crippen LogP contribution in [-0.4, -0.2) is 14.8 Å². The maximum atomic E-state index is 5.76. The SMILES string of the molecule is CC1CCC(n2c(N)n[nH]c2=S)CC1. The van der Waals surface area contributed by atoms with Crippen LogP contribution in [0.5, 0.6) is 0 Å². The number of H-pyrrole nitrogens is 1. The molecule has 14 heavy (non-hydrogen) atoms. The minimum absolute atomic E-state index is 0.456. The highest BCUT2D eigenvalue weighted by Gasteiger charge is 2.21. The molecule has 0 aromatic carbocycles. The lowest BCUT2D eigenvalue weighted by atomic mass is 9.87. The van der Waals surface area contributed by atoms with Crippen LogP contribution in [0, 0.1) is 10.7 Å². The molecule has 1 heterocycles. The number of nitrogen functional groups attached to an aromatic ring is 1. The van der Waals surface area contributed by atoms with Crippen molar-refractivity contribution in [1.29, 1.82) is 0 Å². The Balaban J connectivity index is 2.20. The summed E-state index contributed by atoms with van der Waals surface area (Å²) in [6, 6.07) is 0.456. The van der Waals surface area contributed by atoms with Gasteiger partial charge in [0.15, 0.2) is 4.77 Å². The second kappa shape index (κ2) is 3.73.